The molecule has 0 aliphatic carbocycles. The highest BCUT2D eigenvalue weighted by Gasteiger charge is 2.11. The molecule has 7 heteroatoms. The van der Waals surface area contributed by atoms with Crippen LogP contribution >= 0.6 is 15.9 Å². The minimum absolute atomic E-state index is 0.307. The summed E-state index contributed by atoms with van der Waals surface area (Å²) in [6.45, 7) is 1.17. The Morgan fingerprint density at radius 3 is 2.48 bits per heavy atom. The number of benzene rings is 2. The molecule has 2 N–H and O–H groups in total. The first-order chi connectivity index (χ1) is 12.0. The fraction of sp³-hybridized carbons (Fsp3) is 0.167. The molecular weight excluding hydrogens is 388 g/mol. The molecule has 0 saturated heterocycles. The van der Waals surface area contributed by atoms with Gasteiger partial charge in [0.05, 0.1) is 0 Å². The van der Waals surface area contributed by atoms with Crippen LogP contribution in [0.1, 0.15) is 15.9 Å². The molecule has 0 aromatic heterocycles. The van der Waals surface area contributed by atoms with Gasteiger partial charge in [-0.1, -0.05) is 34.1 Å². The molecule has 0 aliphatic rings. The van der Waals surface area contributed by atoms with E-state index in [1.165, 1.54) is 0 Å². The zero-order valence-electron chi connectivity index (χ0n) is 13.5. The molecule has 0 atom stereocenters. The molecule has 6 nitrogen and oxygen atoms in total. The number of aryl methyl sites for hydroxylation is 1. The van der Waals surface area contributed by atoms with Gasteiger partial charge in [-0.05, 0) is 42.8 Å². The topological polar surface area (TPSA) is 84.5 Å². The molecule has 2 aromatic rings. The number of esters is 1. The summed E-state index contributed by atoms with van der Waals surface area (Å²) in [6.07, 6.45) is 0. The molecule has 0 saturated carbocycles. The Balaban J connectivity index is 1.73. The second-order valence-corrected chi connectivity index (χ2v) is 6.08. The fourth-order valence-electron chi connectivity index (χ4n) is 1.96. The van der Waals surface area contributed by atoms with Gasteiger partial charge in [0.2, 0.25) is 0 Å². The van der Waals surface area contributed by atoms with Crippen molar-refractivity contribution in [3.63, 3.8) is 0 Å². The van der Waals surface area contributed by atoms with Crippen LogP contribution in [0.3, 0.4) is 0 Å². The van der Waals surface area contributed by atoms with Crippen molar-refractivity contribution in [3.05, 3.63) is 64.1 Å². The number of hydrogen-bond acceptors (Lipinski definition) is 4. The van der Waals surface area contributed by atoms with Crippen molar-refractivity contribution in [3.8, 4) is 0 Å². The van der Waals surface area contributed by atoms with Crippen LogP contribution in [0.4, 0.5) is 5.69 Å². The quantitative estimate of drug-likeness (QED) is 0.724. The highest BCUT2D eigenvalue weighted by atomic mass is 79.9. The van der Waals surface area contributed by atoms with Crippen LogP contribution in [-0.4, -0.2) is 30.9 Å². The van der Waals surface area contributed by atoms with Crippen molar-refractivity contribution in [2.45, 2.75) is 6.92 Å². The third-order valence-electron chi connectivity index (χ3n) is 3.24. The smallest absolute Gasteiger partial charge is 0.325 e. The molecular formula is C18H17BrN2O4. The number of halogens is 1. The predicted molar refractivity (Wildman–Crippen MR) is 97.2 cm³/mol. The van der Waals surface area contributed by atoms with Crippen molar-refractivity contribution in [1.82, 2.24) is 5.32 Å². The normalized spacial score (nSPS) is 10.0. The van der Waals surface area contributed by atoms with Gasteiger partial charge >= 0.3 is 5.97 Å². The monoisotopic (exact) mass is 404 g/mol. The van der Waals surface area contributed by atoms with Crippen LogP contribution in [0, 0.1) is 6.92 Å². The molecule has 2 rings (SSSR count). The lowest BCUT2D eigenvalue weighted by Crippen LogP contribution is -2.32. The third kappa shape index (κ3) is 6.04. The van der Waals surface area contributed by atoms with Crippen molar-refractivity contribution < 1.29 is 19.1 Å². The van der Waals surface area contributed by atoms with Gasteiger partial charge in [0.15, 0.2) is 6.61 Å². The number of amides is 2. The zero-order valence-corrected chi connectivity index (χ0v) is 15.1. The van der Waals surface area contributed by atoms with Gasteiger partial charge in [-0.25, -0.2) is 0 Å². The second-order valence-electron chi connectivity index (χ2n) is 5.22. The van der Waals surface area contributed by atoms with Gasteiger partial charge < -0.3 is 15.4 Å². The van der Waals surface area contributed by atoms with Crippen molar-refractivity contribution in [2.75, 3.05) is 18.5 Å². The SMILES string of the molecule is Cc1cc(NC(=O)COC(=O)CNC(=O)c2ccccc2)ccc1Br. The number of carbonyl (C=O) groups is 3. The highest BCUT2D eigenvalue weighted by molar-refractivity contribution is 9.10. The average Bonchev–Trinajstić information content (AvgIpc) is 2.61. The molecule has 0 spiro atoms. The van der Waals surface area contributed by atoms with Gasteiger partial charge in [0.25, 0.3) is 11.8 Å². The average molecular weight is 405 g/mol. The van der Waals surface area contributed by atoms with Crippen LogP contribution in [0.5, 0.6) is 0 Å². The van der Waals surface area contributed by atoms with Crippen molar-refractivity contribution >= 4 is 39.4 Å². The second kappa shape index (κ2) is 8.98. The summed E-state index contributed by atoms with van der Waals surface area (Å²) in [5, 5.41) is 5.07. The molecule has 0 unspecified atom stereocenters. The number of carbonyl (C=O) groups excluding carboxylic acids is 3. The van der Waals surface area contributed by atoms with Gasteiger partial charge in [-0.2, -0.15) is 0 Å². The Labute approximate surface area is 153 Å². The van der Waals surface area contributed by atoms with E-state index < -0.39 is 18.5 Å². The van der Waals surface area contributed by atoms with Gasteiger partial charge in [0, 0.05) is 15.7 Å². The molecule has 130 valence electrons. The van der Waals surface area contributed by atoms with E-state index in [0.29, 0.717) is 11.3 Å². The third-order valence-corrected chi connectivity index (χ3v) is 4.12. The summed E-state index contributed by atoms with van der Waals surface area (Å²) >= 11 is 3.37. The van der Waals surface area contributed by atoms with E-state index in [0.717, 1.165) is 10.0 Å². The van der Waals surface area contributed by atoms with Gasteiger partial charge in [0.1, 0.15) is 6.54 Å². The first-order valence-corrected chi connectivity index (χ1v) is 8.30. The lowest BCUT2D eigenvalue weighted by molar-refractivity contribution is -0.146. The molecule has 0 bridgehead atoms. The maximum absolute atomic E-state index is 11.8. The molecule has 0 fully saturated rings. The van der Waals surface area contributed by atoms with Crippen LogP contribution in [0.15, 0.2) is 53.0 Å². The van der Waals surface area contributed by atoms with Crippen LogP contribution in [0.25, 0.3) is 0 Å². The Hall–Kier alpha value is -2.67. The summed E-state index contributed by atoms with van der Waals surface area (Å²) in [5.41, 5.74) is 2.02. The number of anilines is 1. The van der Waals surface area contributed by atoms with Gasteiger partial charge in [-0.15, -0.1) is 0 Å². The molecule has 2 amide bonds. The minimum Gasteiger partial charge on any atom is -0.454 e. The predicted octanol–water partition coefficient (Wildman–Crippen LogP) is 2.67. The summed E-state index contributed by atoms with van der Waals surface area (Å²) in [5.74, 6) is -1.52. The Bertz CT molecular complexity index is 778. The number of rotatable bonds is 6. The maximum atomic E-state index is 11.8. The zero-order chi connectivity index (χ0) is 18.2. The minimum atomic E-state index is -0.689. The standard InChI is InChI=1S/C18H17BrN2O4/c1-12-9-14(7-8-15(12)19)21-16(22)11-25-17(23)10-20-18(24)13-5-3-2-4-6-13/h2-9H,10-11H2,1H3,(H,20,24)(H,21,22). The summed E-state index contributed by atoms with van der Waals surface area (Å²) in [7, 11) is 0. The van der Waals surface area contributed by atoms with Crippen molar-refractivity contribution in [1.29, 1.82) is 0 Å². The van der Waals surface area contributed by atoms with E-state index in [2.05, 4.69) is 26.6 Å². The molecule has 25 heavy (non-hydrogen) atoms. The first-order valence-electron chi connectivity index (χ1n) is 7.50. The van der Waals surface area contributed by atoms with Crippen molar-refractivity contribution in [2.24, 2.45) is 0 Å². The van der Waals surface area contributed by atoms with Crippen LogP contribution < -0.4 is 10.6 Å². The van der Waals surface area contributed by atoms with E-state index in [1.54, 1.807) is 42.5 Å². The number of nitrogens with one attached hydrogen (secondary N) is 2. The lowest BCUT2D eigenvalue weighted by atomic mass is 10.2. The van der Waals surface area contributed by atoms with Gasteiger partial charge in [-0.3, -0.25) is 14.4 Å². The number of hydrogen-bond donors (Lipinski definition) is 2. The summed E-state index contributed by atoms with van der Waals surface area (Å²) in [6, 6.07) is 13.8. The maximum Gasteiger partial charge on any atom is 0.325 e. The first kappa shape index (κ1) is 18.7. The largest absolute Gasteiger partial charge is 0.454 e. The molecule has 0 aliphatic heterocycles. The van der Waals surface area contributed by atoms with E-state index in [9.17, 15) is 14.4 Å². The summed E-state index contributed by atoms with van der Waals surface area (Å²) < 4.78 is 5.78. The fourth-order valence-corrected chi connectivity index (χ4v) is 2.21. The van der Waals surface area contributed by atoms with E-state index in [1.807, 2.05) is 13.0 Å². The number of ether oxygens (including phenoxy) is 1. The highest BCUT2D eigenvalue weighted by Crippen LogP contribution is 2.19. The van der Waals surface area contributed by atoms with E-state index in [-0.39, 0.29) is 12.5 Å². The molecule has 2 aromatic carbocycles. The van der Waals surface area contributed by atoms with E-state index >= 15 is 0 Å². The summed E-state index contributed by atoms with van der Waals surface area (Å²) in [4.78, 5) is 35.2. The Morgan fingerprint density at radius 2 is 1.80 bits per heavy atom. The lowest BCUT2D eigenvalue weighted by Gasteiger charge is -2.08. The van der Waals surface area contributed by atoms with Crippen LogP contribution in [0.2, 0.25) is 0 Å². The van der Waals surface area contributed by atoms with Crippen LogP contribution in [-0.2, 0) is 14.3 Å². The Morgan fingerprint density at radius 1 is 1.08 bits per heavy atom. The molecule has 0 radical (unpaired) electrons. The van der Waals surface area contributed by atoms with E-state index in [4.69, 9.17) is 4.74 Å². The molecule has 0 heterocycles. The Kier molecular flexibility index (Phi) is 6.71.